The minimum Gasteiger partial charge on any atom is -0.463 e. The summed E-state index contributed by atoms with van der Waals surface area (Å²) >= 11 is 1.61. The third-order valence-electron chi connectivity index (χ3n) is 2.66. The Morgan fingerprint density at radius 3 is 3.00 bits per heavy atom. The Morgan fingerprint density at radius 1 is 1.28 bits per heavy atom. The number of rotatable bonds is 4. The van der Waals surface area contributed by atoms with Crippen molar-refractivity contribution >= 4 is 21.6 Å². The summed E-state index contributed by atoms with van der Waals surface area (Å²) in [6, 6.07) is 5.73. The highest BCUT2D eigenvalue weighted by molar-refractivity contribution is 7.17. The fourth-order valence-electron chi connectivity index (χ4n) is 1.84. The van der Waals surface area contributed by atoms with E-state index < -0.39 is 0 Å². The molecule has 0 unspecified atom stereocenters. The average Bonchev–Trinajstić information content (AvgIpc) is 3.05. The van der Waals surface area contributed by atoms with Gasteiger partial charge in [0, 0.05) is 13.0 Å². The summed E-state index contributed by atoms with van der Waals surface area (Å²) in [4.78, 5) is 9.04. The molecule has 0 aliphatic heterocycles. The van der Waals surface area contributed by atoms with Crippen molar-refractivity contribution in [2.75, 3.05) is 6.61 Å². The van der Waals surface area contributed by atoms with Crippen LogP contribution in [0.15, 0.2) is 34.3 Å². The Balaban J connectivity index is 2.12. The number of furan rings is 1. The number of aromatic nitrogens is 2. The lowest BCUT2D eigenvalue weighted by molar-refractivity contribution is 0.287. The van der Waals surface area contributed by atoms with E-state index in [4.69, 9.17) is 9.52 Å². The smallest absolute Gasteiger partial charge is 0.153 e. The van der Waals surface area contributed by atoms with Gasteiger partial charge >= 0.3 is 0 Å². The average molecular weight is 260 g/mol. The van der Waals surface area contributed by atoms with Crippen LogP contribution in [0.1, 0.15) is 12.2 Å². The predicted octanol–water partition coefficient (Wildman–Crippen LogP) is 2.88. The number of hydrogen-bond acceptors (Lipinski definition) is 5. The second kappa shape index (κ2) is 4.88. The van der Waals surface area contributed by atoms with Gasteiger partial charge in [-0.1, -0.05) is 0 Å². The molecule has 0 spiro atoms. The molecule has 3 aromatic heterocycles. The number of aliphatic hydroxyl groups excluding tert-OH is 1. The zero-order valence-electron chi connectivity index (χ0n) is 9.67. The zero-order valence-corrected chi connectivity index (χ0v) is 10.5. The highest BCUT2D eigenvalue weighted by Gasteiger charge is 2.12. The van der Waals surface area contributed by atoms with E-state index in [0.29, 0.717) is 12.8 Å². The van der Waals surface area contributed by atoms with Crippen LogP contribution < -0.4 is 0 Å². The topological polar surface area (TPSA) is 59.2 Å². The molecular formula is C13H12N2O2S. The van der Waals surface area contributed by atoms with E-state index in [9.17, 15) is 0 Å². The van der Waals surface area contributed by atoms with Crippen LogP contribution in [0.25, 0.3) is 21.7 Å². The molecule has 0 saturated carbocycles. The molecule has 3 heterocycles. The number of nitrogens with zero attached hydrogens (tertiary/aromatic N) is 2. The monoisotopic (exact) mass is 260 g/mol. The van der Waals surface area contributed by atoms with Crippen LogP contribution in [-0.2, 0) is 6.42 Å². The lowest BCUT2D eigenvalue weighted by Gasteiger charge is -2.03. The fourth-order valence-corrected chi connectivity index (χ4v) is 2.67. The zero-order chi connectivity index (χ0) is 12.4. The Hall–Kier alpha value is -1.72. The molecule has 1 N–H and O–H groups in total. The maximum Gasteiger partial charge on any atom is 0.153 e. The van der Waals surface area contributed by atoms with E-state index >= 15 is 0 Å². The van der Waals surface area contributed by atoms with Gasteiger partial charge in [-0.05, 0) is 30.0 Å². The van der Waals surface area contributed by atoms with Crippen LogP contribution in [0.4, 0.5) is 0 Å². The number of fused-ring (bicyclic) bond motifs is 1. The van der Waals surface area contributed by atoms with Gasteiger partial charge < -0.3 is 9.52 Å². The lowest BCUT2D eigenvalue weighted by atomic mass is 10.2. The number of aliphatic hydroxyl groups is 1. The van der Waals surface area contributed by atoms with Crippen molar-refractivity contribution in [2.45, 2.75) is 12.8 Å². The van der Waals surface area contributed by atoms with Crippen molar-refractivity contribution in [3.63, 3.8) is 0 Å². The summed E-state index contributed by atoms with van der Waals surface area (Å²) in [6.45, 7) is 0.154. The van der Waals surface area contributed by atoms with Gasteiger partial charge in [0.25, 0.3) is 0 Å². The molecule has 0 fully saturated rings. The Kier molecular flexibility index (Phi) is 3.08. The molecule has 3 rings (SSSR count). The van der Waals surface area contributed by atoms with Crippen LogP contribution >= 0.6 is 11.3 Å². The van der Waals surface area contributed by atoms with Gasteiger partial charge in [0.2, 0.25) is 0 Å². The fraction of sp³-hybridized carbons (Fsp3) is 0.231. The number of aryl methyl sites for hydroxylation is 1. The van der Waals surface area contributed by atoms with Crippen LogP contribution in [0, 0.1) is 0 Å². The summed E-state index contributed by atoms with van der Waals surface area (Å²) in [5.41, 5.74) is 1.78. The molecule has 0 saturated heterocycles. The molecule has 4 nitrogen and oxygen atoms in total. The van der Waals surface area contributed by atoms with Crippen molar-refractivity contribution in [1.29, 1.82) is 0 Å². The van der Waals surface area contributed by atoms with Crippen LogP contribution in [-0.4, -0.2) is 21.7 Å². The Labute approximate surface area is 108 Å². The maximum absolute atomic E-state index is 8.88. The summed E-state index contributed by atoms with van der Waals surface area (Å²) in [5, 5.41) is 10.9. The molecule has 0 bridgehead atoms. The van der Waals surface area contributed by atoms with Crippen molar-refractivity contribution in [3.05, 3.63) is 35.7 Å². The summed E-state index contributed by atoms with van der Waals surface area (Å²) in [7, 11) is 0. The van der Waals surface area contributed by atoms with Crippen molar-refractivity contribution in [3.8, 4) is 11.5 Å². The molecule has 0 radical (unpaired) electrons. The Bertz CT molecular complexity index is 646. The maximum atomic E-state index is 8.88. The molecule has 0 atom stereocenters. The van der Waals surface area contributed by atoms with Crippen molar-refractivity contribution in [1.82, 2.24) is 9.97 Å². The standard InChI is InChI=1S/C13H12N2O2S/c16-6-1-4-11-14-9-5-8-18-13(9)12(15-11)10-3-2-7-17-10/h2-3,5,7-8,16H,1,4,6H2. The molecular weight excluding hydrogens is 248 g/mol. The van der Waals surface area contributed by atoms with E-state index in [1.165, 1.54) is 0 Å². The number of thiophene rings is 1. The minimum absolute atomic E-state index is 0.154. The van der Waals surface area contributed by atoms with Gasteiger partial charge in [-0.3, -0.25) is 0 Å². The predicted molar refractivity (Wildman–Crippen MR) is 70.5 cm³/mol. The van der Waals surface area contributed by atoms with E-state index in [2.05, 4.69) is 9.97 Å². The largest absolute Gasteiger partial charge is 0.463 e. The minimum atomic E-state index is 0.154. The lowest BCUT2D eigenvalue weighted by Crippen LogP contribution is -1.98. The van der Waals surface area contributed by atoms with Crippen LogP contribution in [0.3, 0.4) is 0 Å². The van der Waals surface area contributed by atoms with Crippen LogP contribution in [0.5, 0.6) is 0 Å². The highest BCUT2D eigenvalue weighted by Crippen LogP contribution is 2.30. The van der Waals surface area contributed by atoms with Crippen molar-refractivity contribution < 1.29 is 9.52 Å². The first kappa shape index (κ1) is 11.4. The van der Waals surface area contributed by atoms with Crippen LogP contribution in [0.2, 0.25) is 0 Å². The van der Waals surface area contributed by atoms with E-state index in [-0.39, 0.29) is 6.61 Å². The molecule has 3 aromatic rings. The second-order valence-corrected chi connectivity index (χ2v) is 4.84. The van der Waals surface area contributed by atoms with E-state index in [1.807, 2.05) is 23.6 Å². The first-order chi connectivity index (χ1) is 8.88. The molecule has 5 heteroatoms. The van der Waals surface area contributed by atoms with Gasteiger partial charge in [0.1, 0.15) is 11.5 Å². The second-order valence-electron chi connectivity index (χ2n) is 3.93. The number of hydrogen-bond donors (Lipinski definition) is 1. The van der Waals surface area contributed by atoms with Gasteiger partial charge in [0.05, 0.1) is 16.5 Å². The highest BCUT2D eigenvalue weighted by atomic mass is 32.1. The molecule has 0 amide bonds. The molecule has 18 heavy (non-hydrogen) atoms. The van der Waals surface area contributed by atoms with E-state index in [1.54, 1.807) is 17.6 Å². The SMILES string of the molecule is OCCCc1nc(-c2ccco2)c2sccc2n1. The van der Waals surface area contributed by atoms with E-state index in [0.717, 1.165) is 27.5 Å². The van der Waals surface area contributed by atoms with Gasteiger partial charge in [-0.15, -0.1) is 11.3 Å². The summed E-state index contributed by atoms with van der Waals surface area (Å²) < 4.78 is 6.46. The molecule has 0 aromatic carbocycles. The Morgan fingerprint density at radius 2 is 2.22 bits per heavy atom. The van der Waals surface area contributed by atoms with Gasteiger partial charge in [0.15, 0.2) is 5.76 Å². The van der Waals surface area contributed by atoms with Gasteiger partial charge in [-0.25, -0.2) is 9.97 Å². The molecule has 92 valence electrons. The van der Waals surface area contributed by atoms with Crippen molar-refractivity contribution in [2.24, 2.45) is 0 Å². The summed E-state index contributed by atoms with van der Waals surface area (Å²) in [6.07, 6.45) is 2.99. The molecule has 0 aliphatic rings. The van der Waals surface area contributed by atoms with Gasteiger partial charge in [-0.2, -0.15) is 0 Å². The quantitative estimate of drug-likeness (QED) is 0.783. The summed E-state index contributed by atoms with van der Waals surface area (Å²) in [5.74, 6) is 1.51. The normalized spacial score (nSPS) is 11.2. The first-order valence-corrected chi connectivity index (χ1v) is 6.65. The third kappa shape index (κ3) is 2.02. The third-order valence-corrected chi connectivity index (χ3v) is 3.57. The first-order valence-electron chi connectivity index (χ1n) is 5.77. The molecule has 0 aliphatic carbocycles.